The molecule has 156 valence electrons. The summed E-state index contributed by atoms with van der Waals surface area (Å²) in [5.74, 6) is -0.846. The molecular formula is C20H32O6Si2. The third-order valence-corrected chi connectivity index (χ3v) is 10.00. The maximum absolute atomic E-state index is 12.0. The number of hydrogen-bond donors (Lipinski definition) is 0. The Balaban J connectivity index is 2.60. The fourth-order valence-electron chi connectivity index (χ4n) is 2.55. The van der Waals surface area contributed by atoms with Gasteiger partial charge < -0.3 is 18.3 Å². The number of esters is 2. The zero-order valence-corrected chi connectivity index (χ0v) is 19.7. The van der Waals surface area contributed by atoms with Crippen LogP contribution in [0.4, 0.5) is 0 Å². The van der Waals surface area contributed by atoms with Crippen LogP contribution in [-0.2, 0) is 23.2 Å². The predicted octanol–water partition coefficient (Wildman–Crippen LogP) is 4.08. The summed E-state index contributed by atoms with van der Waals surface area (Å²) in [4.78, 5) is 23.8. The van der Waals surface area contributed by atoms with E-state index in [1.807, 2.05) is 13.0 Å². The second-order valence-corrected chi connectivity index (χ2v) is 16.8. The van der Waals surface area contributed by atoms with Crippen LogP contribution in [0.3, 0.4) is 0 Å². The molecule has 0 heterocycles. The number of benzene rings is 1. The predicted molar refractivity (Wildman–Crippen MR) is 114 cm³/mol. The van der Waals surface area contributed by atoms with Gasteiger partial charge in [0.15, 0.2) is 8.32 Å². The number of hydrogen-bond acceptors (Lipinski definition) is 6. The van der Waals surface area contributed by atoms with Gasteiger partial charge in [-0.25, -0.2) is 9.59 Å². The summed E-state index contributed by atoms with van der Waals surface area (Å²) >= 11 is 0. The summed E-state index contributed by atoms with van der Waals surface area (Å²) < 4.78 is 22.7. The van der Waals surface area contributed by atoms with Crippen molar-refractivity contribution in [1.82, 2.24) is 0 Å². The topological polar surface area (TPSA) is 71.1 Å². The van der Waals surface area contributed by atoms with E-state index in [4.69, 9.17) is 18.3 Å². The number of para-hydroxylation sites is 1. The van der Waals surface area contributed by atoms with Gasteiger partial charge in [-0.05, 0) is 51.3 Å². The van der Waals surface area contributed by atoms with Gasteiger partial charge in [0.25, 0.3) is 0 Å². The molecule has 1 rings (SSSR count). The summed E-state index contributed by atoms with van der Waals surface area (Å²) in [5, 5.41) is 0. The monoisotopic (exact) mass is 424 g/mol. The van der Waals surface area contributed by atoms with Crippen molar-refractivity contribution < 1.29 is 27.9 Å². The van der Waals surface area contributed by atoms with E-state index in [9.17, 15) is 9.59 Å². The van der Waals surface area contributed by atoms with E-state index in [0.29, 0.717) is 12.4 Å². The van der Waals surface area contributed by atoms with E-state index >= 15 is 0 Å². The Hall–Kier alpha value is -1.75. The van der Waals surface area contributed by atoms with E-state index in [1.165, 1.54) is 0 Å². The van der Waals surface area contributed by atoms with Gasteiger partial charge in [0.1, 0.15) is 18.1 Å². The Kier molecular flexibility index (Phi) is 9.81. The molecule has 6 nitrogen and oxygen atoms in total. The maximum Gasteiger partial charge on any atom is 0.336 e. The van der Waals surface area contributed by atoms with Gasteiger partial charge in [0.2, 0.25) is 8.32 Å². The van der Waals surface area contributed by atoms with Crippen LogP contribution in [-0.4, -0.2) is 47.5 Å². The highest BCUT2D eigenvalue weighted by molar-refractivity contribution is 6.84. The number of carbonyl (C=O) groups excluding carboxylic acids is 2. The molecule has 28 heavy (non-hydrogen) atoms. The van der Waals surface area contributed by atoms with E-state index in [-0.39, 0.29) is 12.3 Å². The summed E-state index contributed by atoms with van der Waals surface area (Å²) in [5.41, 5.74) is -0.271. The Labute approximate surface area is 170 Å². The normalized spacial score (nSPS) is 13.4. The number of ether oxygens (including phenoxy) is 3. The van der Waals surface area contributed by atoms with Crippen LogP contribution in [0.1, 0.15) is 13.3 Å². The first-order chi connectivity index (χ1) is 13.0. The highest BCUT2D eigenvalue weighted by atomic mass is 28.4. The lowest BCUT2D eigenvalue weighted by molar-refractivity contribution is -0.141. The molecule has 0 spiro atoms. The third kappa shape index (κ3) is 9.98. The van der Waals surface area contributed by atoms with Gasteiger partial charge in [0.05, 0.1) is 0 Å². The molecule has 1 unspecified atom stereocenters. The first kappa shape index (κ1) is 24.3. The van der Waals surface area contributed by atoms with Crippen molar-refractivity contribution in [2.45, 2.75) is 51.8 Å². The van der Waals surface area contributed by atoms with Crippen molar-refractivity contribution >= 4 is 28.6 Å². The molecule has 1 atom stereocenters. The van der Waals surface area contributed by atoms with Gasteiger partial charge in [-0.15, -0.1) is 0 Å². The van der Waals surface area contributed by atoms with Gasteiger partial charge >= 0.3 is 11.9 Å². The zero-order valence-electron chi connectivity index (χ0n) is 17.7. The fourth-order valence-corrected chi connectivity index (χ4v) is 10.4. The van der Waals surface area contributed by atoms with Crippen LogP contribution in [0.15, 0.2) is 42.5 Å². The molecule has 1 aromatic rings. The molecule has 0 saturated carbocycles. The standard InChI is InChI=1S/C20H32O6Si2/c1-7-15-23-20(28(5,6)26-27(2,3)4)16-24-18(21)13-14-19(22)25-17-11-9-8-10-12-17/h8-14,20H,7,15-16H2,1-6H3/b14-13+. The molecule has 0 aliphatic heterocycles. The molecule has 0 aliphatic carbocycles. The van der Waals surface area contributed by atoms with Crippen molar-refractivity contribution in [1.29, 1.82) is 0 Å². The lowest BCUT2D eigenvalue weighted by Gasteiger charge is -2.37. The van der Waals surface area contributed by atoms with Crippen LogP contribution in [0.25, 0.3) is 0 Å². The van der Waals surface area contributed by atoms with Gasteiger partial charge in [-0.1, -0.05) is 25.1 Å². The van der Waals surface area contributed by atoms with Crippen LogP contribution in [0.5, 0.6) is 5.75 Å². The minimum Gasteiger partial charge on any atom is -0.460 e. The minimum absolute atomic E-state index is 0.0978. The third-order valence-electron chi connectivity index (χ3n) is 3.56. The average Bonchev–Trinajstić information content (AvgIpc) is 2.58. The second-order valence-electron chi connectivity index (χ2n) is 7.87. The highest BCUT2D eigenvalue weighted by Crippen LogP contribution is 2.20. The fraction of sp³-hybridized carbons (Fsp3) is 0.500. The van der Waals surface area contributed by atoms with Crippen molar-refractivity contribution in [2.24, 2.45) is 0 Å². The summed E-state index contributed by atoms with van der Waals surface area (Å²) in [6, 6.07) is 8.64. The second kappa shape index (κ2) is 11.3. The molecule has 8 heteroatoms. The van der Waals surface area contributed by atoms with Crippen molar-refractivity contribution in [3.63, 3.8) is 0 Å². The Bertz CT molecular complexity index is 652. The highest BCUT2D eigenvalue weighted by Gasteiger charge is 2.39. The van der Waals surface area contributed by atoms with Crippen LogP contribution in [0.2, 0.25) is 32.7 Å². The summed E-state index contributed by atoms with van der Waals surface area (Å²) in [6.07, 6.45) is 2.99. The molecule has 1 aromatic carbocycles. The van der Waals surface area contributed by atoms with Gasteiger partial charge in [-0.3, -0.25) is 0 Å². The zero-order chi connectivity index (χ0) is 21.2. The van der Waals surface area contributed by atoms with Gasteiger partial charge in [-0.2, -0.15) is 0 Å². The molecule has 0 saturated heterocycles. The van der Waals surface area contributed by atoms with E-state index in [2.05, 4.69) is 32.7 Å². The van der Waals surface area contributed by atoms with Crippen LogP contribution in [0, 0.1) is 0 Å². The van der Waals surface area contributed by atoms with E-state index in [0.717, 1.165) is 18.6 Å². The Morgan fingerprint density at radius 1 is 1.00 bits per heavy atom. The Morgan fingerprint density at radius 2 is 1.61 bits per heavy atom. The van der Waals surface area contributed by atoms with Crippen molar-refractivity contribution in [2.75, 3.05) is 13.2 Å². The lowest BCUT2D eigenvalue weighted by atomic mass is 10.3. The molecule has 0 aromatic heterocycles. The molecule has 0 aliphatic rings. The summed E-state index contributed by atoms with van der Waals surface area (Å²) in [7, 11) is -3.97. The summed E-state index contributed by atoms with van der Waals surface area (Å²) in [6.45, 7) is 13.2. The van der Waals surface area contributed by atoms with Gasteiger partial charge in [0, 0.05) is 18.8 Å². The molecule has 0 radical (unpaired) electrons. The molecule has 0 amide bonds. The van der Waals surface area contributed by atoms with Crippen LogP contribution >= 0.6 is 0 Å². The van der Waals surface area contributed by atoms with Crippen LogP contribution < -0.4 is 4.74 Å². The minimum atomic E-state index is -2.22. The SMILES string of the molecule is CCCOC(COC(=O)/C=C/C(=O)Oc1ccccc1)[Si](C)(C)O[Si](C)(C)C. The van der Waals surface area contributed by atoms with E-state index in [1.54, 1.807) is 24.3 Å². The number of carbonyl (C=O) groups is 2. The average molecular weight is 425 g/mol. The first-order valence-corrected chi connectivity index (χ1v) is 15.9. The maximum atomic E-state index is 12.0. The van der Waals surface area contributed by atoms with Crippen molar-refractivity contribution in [3.05, 3.63) is 42.5 Å². The first-order valence-electron chi connectivity index (χ1n) is 9.47. The largest absolute Gasteiger partial charge is 0.460 e. The molecule has 0 bridgehead atoms. The smallest absolute Gasteiger partial charge is 0.336 e. The van der Waals surface area contributed by atoms with E-state index < -0.39 is 28.6 Å². The molecule has 0 N–H and O–H groups in total. The number of rotatable bonds is 11. The molecule has 0 fully saturated rings. The quantitative estimate of drug-likeness (QED) is 0.231. The van der Waals surface area contributed by atoms with Crippen molar-refractivity contribution in [3.8, 4) is 5.75 Å². The Morgan fingerprint density at radius 3 is 2.18 bits per heavy atom. The lowest BCUT2D eigenvalue weighted by Crippen LogP contribution is -2.54. The molecular weight excluding hydrogens is 392 g/mol.